The number of piperidine rings is 1. The van der Waals surface area contributed by atoms with E-state index in [0.717, 1.165) is 6.04 Å². The molecule has 100 valence electrons. The molecule has 0 aromatic heterocycles. The van der Waals surface area contributed by atoms with Crippen LogP contribution in [0.15, 0.2) is 0 Å². The van der Waals surface area contributed by atoms with E-state index in [1.54, 1.807) is 0 Å². The predicted molar refractivity (Wildman–Crippen MR) is 71.3 cm³/mol. The number of rotatable bonds is 5. The predicted octanol–water partition coefficient (Wildman–Crippen LogP) is 2.02. The van der Waals surface area contributed by atoms with E-state index in [2.05, 4.69) is 10.2 Å². The second kappa shape index (κ2) is 7.34. The SMILES string of the molecule is COC1CCC(NCCN2CCCCC2)CC1. The third-order valence-electron chi connectivity index (χ3n) is 4.32. The van der Waals surface area contributed by atoms with E-state index in [-0.39, 0.29) is 0 Å². The van der Waals surface area contributed by atoms with Crippen LogP contribution in [0.4, 0.5) is 0 Å². The summed E-state index contributed by atoms with van der Waals surface area (Å²) in [7, 11) is 1.84. The summed E-state index contributed by atoms with van der Waals surface area (Å²) in [6.45, 7) is 5.04. The molecule has 0 amide bonds. The van der Waals surface area contributed by atoms with E-state index in [9.17, 15) is 0 Å². The second-order valence-corrected chi connectivity index (χ2v) is 5.57. The Morgan fingerprint density at radius 2 is 1.76 bits per heavy atom. The topological polar surface area (TPSA) is 24.5 Å². The Morgan fingerprint density at radius 1 is 1.06 bits per heavy atom. The number of nitrogens with zero attached hydrogens (tertiary/aromatic N) is 1. The lowest BCUT2D eigenvalue weighted by molar-refractivity contribution is 0.0621. The van der Waals surface area contributed by atoms with Crippen molar-refractivity contribution in [1.29, 1.82) is 0 Å². The molecule has 0 spiro atoms. The van der Waals surface area contributed by atoms with Crippen molar-refractivity contribution in [3.8, 4) is 0 Å². The lowest BCUT2D eigenvalue weighted by Gasteiger charge is -2.30. The standard InChI is InChI=1S/C14H28N2O/c1-17-14-7-5-13(6-8-14)15-9-12-16-10-3-2-4-11-16/h13-15H,2-12H2,1H3. The molecule has 0 unspecified atom stereocenters. The largest absolute Gasteiger partial charge is 0.381 e. The van der Waals surface area contributed by atoms with Gasteiger partial charge in [-0.05, 0) is 51.6 Å². The van der Waals surface area contributed by atoms with Crippen molar-refractivity contribution >= 4 is 0 Å². The average molecular weight is 240 g/mol. The monoisotopic (exact) mass is 240 g/mol. The maximum atomic E-state index is 5.40. The van der Waals surface area contributed by atoms with Gasteiger partial charge in [0.1, 0.15) is 0 Å². The molecule has 1 saturated heterocycles. The zero-order chi connectivity index (χ0) is 11.9. The molecular weight excluding hydrogens is 212 g/mol. The molecule has 2 rings (SSSR count). The van der Waals surface area contributed by atoms with Crippen LogP contribution in [0, 0.1) is 0 Å². The lowest BCUT2D eigenvalue weighted by atomic mass is 9.93. The molecule has 3 nitrogen and oxygen atoms in total. The summed E-state index contributed by atoms with van der Waals surface area (Å²) in [6, 6.07) is 0.742. The Kier molecular flexibility index (Phi) is 5.75. The summed E-state index contributed by atoms with van der Waals surface area (Å²) in [6.07, 6.45) is 9.81. The van der Waals surface area contributed by atoms with Crippen LogP contribution in [0.2, 0.25) is 0 Å². The third kappa shape index (κ3) is 4.57. The van der Waals surface area contributed by atoms with Gasteiger partial charge in [-0.25, -0.2) is 0 Å². The van der Waals surface area contributed by atoms with E-state index in [4.69, 9.17) is 4.74 Å². The molecule has 0 bridgehead atoms. The highest BCUT2D eigenvalue weighted by molar-refractivity contribution is 4.78. The minimum Gasteiger partial charge on any atom is -0.381 e. The van der Waals surface area contributed by atoms with Crippen LogP contribution >= 0.6 is 0 Å². The maximum absolute atomic E-state index is 5.40. The molecule has 0 aromatic rings. The molecule has 0 aromatic carbocycles. The molecule has 0 atom stereocenters. The molecule has 1 aliphatic carbocycles. The first-order valence-corrected chi connectivity index (χ1v) is 7.37. The smallest absolute Gasteiger partial charge is 0.0572 e. The Labute approximate surface area is 106 Å². The minimum atomic E-state index is 0.523. The van der Waals surface area contributed by atoms with Crippen LogP contribution in [-0.2, 0) is 4.74 Å². The summed E-state index contributed by atoms with van der Waals surface area (Å²) in [5.41, 5.74) is 0. The normalized spacial score (nSPS) is 31.6. The van der Waals surface area contributed by atoms with Gasteiger partial charge in [0.05, 0.1) is 6.10 Å². The van der Waals surface area contributed by atoms with Gasteiger partial charge in [-0.2, -0.15) is 0 Å². The molecule has 17 heavy (non-hydrogen) atoms. The highest BCUT2D eigenvalue weighted by atomic mass is 16.5. The Hall–Kier alpha value is -0.120. The Morgan fingerprint density at radius 3 is 2.41 bits per heavy atom. The zero-order valence-electron chi connectivity index (χ0n) is 11.3. The van der Waals surface area contributed by atoms with Gasteiger partial charge in [0, 0.05) is 26.2 Å². The van der Waals surface area contributed by atoms with E-state index in [1.165, 1.54) is 71.1 Å². The molecular formula is C14H28N2O. The highest BCUT2D eigenvalue weighted by Gasteiger charge is 2.20. The zero-order valence-corrected chi connectivity index (χ0v) is 11.3. The van der Waals surface area contributed by atoms with E-state index in [1.807, 2.05) is 7.11 Å². The highest BCUT2D eigenvalue weighted by Crippen LogP contribution is 2.20. The van der Waals surface area contributed by atoms with Crippen LogP contribution in [0.1, 0.15) is 44.9 Å². The third-order valence-corrected chi connectivity index (χ3v) is 4.32. The molecule has 1 N–H and O–H groups in total. The molecule has 1 heterocycles. The Balaban J connectivity index is 1.53. The second-order valence-electron chi connectivity index (χ2n) is 5.57. The van der Waals surface area contributed by atoms with Gasteiger partial charge in [0.15, 0.2) is 0 Å². The van der Waals surface area contributed by atoms with Gasteiger partial charge in [-0.15, -0.1) is 0 Å². The molecule has 1 saturated carbocycles. The summed E-state index contributed by atoms with van der Waals surface area (Å²) < 4.78 is 5.40. The quantitative estimate of drug-likeness (QED) is 0.795. The van der Waals surface area contributed by atoms with E-state index in [0.29, 0.717) is 6.10 Å². The summed E-state index contributed by atoms with van der Waals surface area (Å²) >= 11 is 0. The fraction of sp³-hybridized carbons (Fsp3) is 1.00. The van der Waals surface area contributed by atoms with Crippen LogP contribution in [0.25, 0.3) is 0 Å². The van der Waals surface area contributed by atoms with Crippen molar-refractivity contribution in [1.82, 2.24) is 10.2 Å². The van der Waals surface area contributed by atoms with E-state index >= 15 is 0 Å². The number of hydrogen-bond acceptors (Lipinski definition) is 3. The van der Waals surface area contributed by atoms with Crippen molar-refractivity contribution in [2.24, 2.45) is 0 Å². The number of ether oxygens (including phenoxy) is 1. The average Bonchev–Trinajstić information content (AvgIpc) is 2.41. The molecule has 0 radical (unpaired) electrons. The van der Waals surface area contributed by atoms with Gasteiger partial charge in [-0.1, -0.05) is 6.42 Å². The molecule has 1 aliphatic heterocycles. The first-order chi connectivity index (χ1) is 8.38. The maximum Gasteiger partial charge on any atom is 0.0572 e. The van der Waals surface area contributed by atoms with Gasteiger partial charge in [0.25, 0.3) is 0 Å². The van der Waals surface area contributed by atoms with Gasteiger partial charge < -0.3 is 15.0 Å². The van der Waals surface area contributed by atoms with Crippen LogP contribution in [-0.4, -0.2) is 50.3 Å². The number of likely N-dealkylation sites (tertiary alicyclic amines) is 1. The van der Waals surface area contributed by atoms with Crippen LogP contribution in [0.3, 0.4) is 0 Å². The summed E-state index contributed by atoms with van der Waals surface area (Å²) in [5.74, 6) is 0. The number of hydrogen-bond donors (Lipinski definition) is 1. The van der Waals surface area contributed by atoms with Crippen molar-refractivity contribution in [2.45, 2.75) is 57.1 Å². The van der Waals surface area contributed by atoms with Gasteiger partial charge in [0.2, 0.25) is 0 Å². The first-order valence-electron chi connectivity index (χ1n) is 7.37. The summed E-state index contributed by atoms with van der Waals surface area (Å²) in [4.78, 5) is 2.61. The molecule has 3 heteroatoms. The molecule has 2 fully saturated rings. The molecule has 2 aliphatic rings. The van der Waals surface area contributed by atoms with Crippen molar-refractivity contribution < 1.29 is 4.74 Å². The Bertz CT molecular complexity index is 196. The first kappa shape index (κ1) is 13.3. The van der Waals surface area contributed by atoms with Crippen molar-refractivity contribution in [3.63, 3.8) is 0 Å². The van der Waals surface area contributed by atoms with Gasteiger partial charge >= 0.3 is 0 Å². The summed E-state index contributed by atoms with van der Waals surface area (Å²) in [5, 5.41) is 3.72. The van der Waals surface area contributed by atoms with E-state index < -0.39 is 0 Å². The minimum absolute atomic E-state index is 0.523. The number of methoxy groups -OCH3 is 1. The fourth-order valence-electron chi connectivity index (χ4n) is 3.11. The number of nitrogens with one attached hydrogen (secondary N) is 1. The van der Waals surface area contributed by atoms with Gasteiger partial charge in [-0.3, -0.25) is 0 Å². The fourth-order valence-corrected chi connectivity index (χ4v) is 3.11. The van der Waals surface area contributed by atoms with Crippen LogP contribution in [0.5, 0.6) is 0 Å². The van der Waals surface area contributed by atoms with Crippen LogP contribution < -0.4 is 5.32 Å². The van der Waals surface area contributed by atoms with Crippen molar-refractivity contribution in [3.05, 3.63) is 0 Å². The van der Waals surface area contributed by atoms with Crippen molar-refractivity contribution in [2.75, 3.05) is 33.3 Å². The lowest BCUT2D eigenvalue weighted by Crippen LogP contribution is -2.41.